The molecule has 1 N–H and O–H groups in total. The number of nitrogens with zero attached hydrogens (tertiary/aromatic N) is 1. The highest BCUT2D eigenvalue weighted by Gasteiger charge is 2.28. The Balaban J connectivity index is 1.55. The number of nitrogens with one attached hydrogen (secondary N) is 1. The predicted octanol–water partition coefficient (Wildman–Crippen LogP) is 3.62. The average molecular weight is 392 g/mol. The van der Waals surface area contributed by atoms with Crippen molar-refractivity contribution in [2.24, 2.45) is 0 Å². The van der Waals surface area contributed by atoms with E-state index in [4.69, 9.17) is 9.47 Å². The maximum absolute atomic E-state index is 13.0. The molecule has 1 unspecified atom stereocenters. The summed E-state index contributed by atoms with van der Waals surface area (Å²) >= 11 is 0. The van der Waals surface area contributed by atoms with E-state index in [0.29, 0.717) is 24.4 Å². The van der Waals surface area contributed by atoms with Crippen LogP contribution in [0.5, 0.6) is 5.75 Å². The number of rotatable bonds is 4. The Morgan fingerprint density at radius 3 is 2.76 bits per heavy atom. The highest BCUT2D eigenvalue weighted by atomic mass is 16.5. The number of H-pyrrole nitrogens is 1. The van der Waals surface area contributed by atoms with Gasteiger partial charge in [-0.05, 0) is 49.7 Å². The molecule has 0 spiro atoms. The topological polar surface area (TPSA) is 71.6 Å². The molecule has 1 amide bonds. The van der Waals surface area contributed by atoms with Gasteiger partial charge in [-0.25, -0.2) is 4.79 Å². The van der Waals surface area contributed by atoms with E-state index < -0.39 is 6.10 Å². The van der Waals surface area contributed by atoms with Crippen molar-refractivity contribution in [2.75, 3.05) is 13.7 Å². The van der Waals surface area contributed by atoms with Crippen LogP contribution in [0.15, 0.2) is 42.5 Å². The smallest absolute Gasteiger partial charge is 0.337 e. The van der Waals surface area contributed by atoms with Crippen LogP contribution in [-0.2, 0) is 22.5 Å². The molecule has 0 fully saturated rings. The minimum atomic E-state index is -0.575. The predicted molar refractivity (Wildman–Crippen MR) is 110 cm³/mol. The minimum Gasteiger partial charge on any atom is -0.481 e. The number of amides is 1. The van der Waals surface area contributed by atoms with Gasteiger partial charge in [0.05, 0.1) is 12.7 Å². The van der Waals surface area contributed by atoms with Gasteiger partial charge in [0.25, 0.3) is 5.91 Å². The zero-order valence-corrected chi connectivity index (χ0v) is 16.8. The zero-order valence-electron chi connectivity index (χ0n) is 16.8. The van der Waals surface area contributed by atoms with Gasteiger partial charge in [0.1, 0.15) is 5.75 Å². The van der Waals surface area contributed by atoms with Crippen molar-refractivity contribution in [3.8, 4) is 5.75 Å². The van der Waals surface area contributed by atoms with Crippen LogP contribution in [0, 0.1) is 6.92 Å². The standard InChI is InChI=1S/C23H24N2O4/c1-14-5-4-6-17(11-14)29-15(2)22(26)25-10-9-21-19(13-25)18-12-16(23(27)28-3)7-8-20(18)24-21/h4-8,11-12,15,24H,9-10,13H2,1-3H3. The Hall–Kier alpha value is -3.28. The first kappa shape index (κ1) is 19.1. The molecule has 0 saturated carbocycles. The SMILES string of the molecule is COC(=O)c1ccc2[nH]c3c(c2c1)CN(C(=O)C(C)Oc1cccc(C)c1)CC3. The third-order valence-corrected chi connectivity index (χ3v) is 5.36. The van der Waals surface area contributed by atoms with E-state index in [0.717, 1.165) is 34.1 Å². The first-order chi connectivity index (χ1) is 14.0. The second-order valence-corrected chi connectivity index (χ2v) is 7.42. The molecule has 3 aromatic rings. The van der Waals surface area contributed by atoms with Gasteiger partial charge in [0.15, 0.2) is 6.10 Å². The van der Waals surface area contributed by atoms with Crippen molar-refractivity contribution in [3.05, 3.63) is 64.8 Å². The first-order valence-electron chi connectivity index (χ1n) is 9.70. The highest BCUT2D eigenvalue weighted by molar-refractivity contribution is 5.96. The summed E-state index contributed by atoms with van der Waals surface area (Å²) in [6.07, 6.45) is 0.162. The van der Waals surface area contributed by atoms with Gasteiger partial charge in [-0.1, -0.05) is 12.1 Å². The summed E-state index contributed by atoms with van der Waals surface area (Å²) in [6.45, 7) is 4.89. The summed E-state index contributed by atoms with van der Waals surface area (Å²) < 4.78 is 10.7. The summed E-state index contributed by atoms with van der Waals surface area (Å²) in [6, 6.07) is 13.2. The molecule has 1 aromatic heterocycles. The number of carbonyl (C=O) groups excluding carboxylic acids is 2. The van der Waals surface area contributed by atoms with E-state index in [1.807, 2.05) is 48.2 Å². The molecule has 0 radical (unpaired) electrons. The number of fused-ring (bicyclic) bond motifs is 3. The Labute approximate surface area is 169 Å². The Morgan fingerprint density at radius 1 is 1.17 bits per heavy atom. The lowest BCUT2D eigenvalue weighted by Crippen LogP contribution is -2.43. The molecule has 1 aliphatic rings. The van der Waals surface area contributed by atoms with Crippen molar-refractivity contribution in [1.82, 2.24) is 9.88 Å². The third-order valence-electron chi connectivity index (χ3n) is 5.36. The molecule has 0 bridgehead atoms. The number of esters is 1. The van der Waals surface area contributed by atoms with Gasteiger partial charge in [-0.15, -0.1) is 0 Å². The van der Waals surface area contributed by atoms with E-state index in [1.54, 1.807) is 13.0 Å². The fourth-order valence-electron chi connectivity index (χ4n) is 3.85. The van der Waals surface area contributed by atoms with Gasteiger partial charge in [0, 0.05) is 41.7 Å². The van der Waals surface area contributed by atoms with Crippen LogP contribution in [0.3, 0.4) is 0 Å². The van der Waals surface area contributed by atoms with E-state index >= 15 is 0 Å². The molecule has 1 atom stereocenters. The maximum Gasteiger partial charge on any atom is 0.337 e. The number of ether oxygens (including phenoxy) is 2. The number of carbonyl (C=O) groups is 2. The molecule has 29 heavy (non-hydrogen) atoms. The monoisotopic (exact) mass is 392 g/mol. The first-order valence-corrected chi connectivity index (χ1v) is 9.70. The van der Waals surface area contributed by atoms with Crippen molar-refractivity contribution < 1.29 is 19.1 Å². The Bertz CT molecular complexity index is 1090. The second-order valence-electron chi connectivity index (χ2n) is 7.42. The van der Waals surface area contributed by atoms with Crippen LogP contribution in [0.4, 0.5) is 0 Å². The van der Waals surface area contributed by atoms with Crippen LogP contribution in [0.1, 0.15) is 34.1 Å². The zero-order chi connectivity index (χ0) is 20.5. The van der Waals surface area contributed by atoms with Gasteiger partial charge in [-0.2, -0.15) is 0 Å². The highest BCUT2D eigenvalue weighted by Crippen LogP contribution is 2.29. The fourth-order valence-corrected chi connectivity index (χ4v) is 3.85. The van der Waals surface area contributed by atoms with Crippen LogP contribution >= 0.6 is 0 Å². The summed E-state index contributed by atoms with van der Waals surface area (Å²) in [7, 11) is 1.37. The van der Waals surface area contributed by atoms with E-state index in [2.05, 4.69) is 4.98 Å². The maximum atomic E-state index is 13.0. The summed E-state index contributed by atoms with van der Waals surface area (Å²) in [4.78, 5) is 30.1. The molecule has 4 rings (SSSR count). The van der Waals surface area contributed by atoms with E-state index in [9.17, 15) is 9.59 Å². The van der Waals surface area contributed by atoms with Crippen molar-refractivity contribution in [1.29, 1.82) is 0 Å². The lowest BCUT2D eigenvalue weighted by atomic mass is 10.0. The molecule has 0 aliphatic carbocycles. The Kier molecular flexibility index (Phi) is 5.01. The molecule has 150 valence electrons. The quantitative estimate of drug-likeness (QED) is 0.689. The number of aryl methyl sites for hydroxylation is 1. The van der Waals surface area contributed by atoms with Crippen LogP contribution < -0.4 is 4.74 Å². The molecular weight excluding hydrogens is 368 g/mol. The minimum absolute atomic E-state index is 0.0457. The molecule has 0 saturated heterocycles. The molecular formula is C23H24N2O4. The number of aromatic nitrogens is 1. The van der Waals surface area contributed by atoms with E-state index in [-0.39, 0.29) is 11.9 Å². The largest absolute Gasteiger partial charge is 0.481 e. The molecule has 2 heterocycles. The average Bonchev–Trinajstić information content (AvgIpc) is 3.09. The number of methoxy groups -OCH3 is 1. The molecule has 2 aromatic carbocycles. The molecule has 6 nitrogen and oxygen atoms in total. The van der Waals surface area contributed by atoms with Gasteiger partial charge in [0.2, 0.25) is 0 Å². The lowest BCUT2D eigenvalue weighted by molar-refractivity contribution is -0.138. The number of aromatic amines is 1. The van der Waals surface area contributed by atoms with E-state index in [1.165, 1.54) is 7.11 Å². The number of hydrogen-bond donors (Lipinski definition) is 1. The van der Waals surface area contributed by atoms with Crippen LogP contribution in [0.25, 0.3) is 10.9 Å². The number of benzene rings is 2. The van der Waals surface area contributed by atoms with Crippen molar-refractivity contribution in [2.45, 2.75) is 32.9 Å². The summed E-state index contributed by atoms with van der Waals surface area (Å²) in [5.74, 6) is 0.278. The van der Waals surface area contributed by atoms with Crippen molar-refractivity contribution in [3.63, 3.8) is 0 Å². The lowest BCUT2D eigenvalue weighted by Gasteiger charge is -2.29. The van der Waals surface area contributed by atoms with Gasteiger partial charge in [-0.3, -0.25) is 4.79 Å². The molecule has 1 aliphatic heterocycles. The Morgan fingerprint density at radius 2 is 2.00 bits per heavy atom. The normalized spacial score (nSPS) is 14.4. The van der Waals surface area contributed by atoms with Crippen LogP contribution in [0.2, 0.25) is 0 Å². The van der Waals surface area contributed by atoms with Crippen molar-refractivity contribution >= 4 is 22.8 Å². The summed E-state index contributed by atoms with van der Waals surface area (Å²) in [5.41, 5.74) is 4.71. The van der Waals surface area contributed by atoms with Crippen LogP contribution in [-0.4, -0.2) is 41.5 Å². The second kappa shape index (κ2) is 7.62. The third kappa shape index (κ3) is 3.70. The number of hydrogen-bond acceptors (Lipinski definition) is 4. The molecule has 6 heteroatoms. The van der Waals surface area contributed by atoms with Gasteiger partial charge >= 0.3 is 5.97 Å². The summed E-state index contributed by atoms with van der Waals surface area (Å²) in [5, 5.41) is 0.952. The van der Waals surface area contributed by atoms with Gasteiger partial charge < -0.3 is 19.4 Å². The fraction of sp³-hybridized carbons (Fsp3) is 0.304.